The number of H-pyrrole nitrogens is 1. The summed E-state index contributed by atoms with van der Waals surface area (Å²) in [4.78, 5) is 58.9. The number of hydrazine groups is 1. The zero-order valence-corrected chi connectivity index (χ0v) is 20.5. The molecule has 194 valence electrons. The van der Waals surface area contributed by atoms with Gasteiger partial charge in [-0.3, -0.25) is 30.0 Å². The predicted octanol–water partition coefficient (Wildman–Crippen LogP) is 1.36. The molecule has 12 nitrogen and oxygen atoms in total. The lowest BCUT2D eigenvalue weighted by Crippen LogP contribution is -2.43. The van der Waals surface area contributed by atoms with E-state index in [1.807, 2.05) is 19.1 Å². The maximum atomic E-state index is 13.1. The molecule has 1 atom stereocenters. The second-order valence-electron chi connectivity index (χ2n) is 8.32. The zero-order chi connectivity index (χ0) is 26.4. The van der Waals surface area contributed by atoms with Crippen LogP contribution >= 0.6 is 0 Å². The van der Waals surface area contributed by atoms with Gasteiger partial charge in [-0.05, 0) is 42.8 Å². The molecule has 12 heteroatoms. The third-order valence-corrected chi connectivity index (χ3v) is 5.87. The third kappa shape index (κ3) is 6.04. The molecule has 0 bridgehead atoms. The van der Waals surface area contributed by atoms with Crippen LogP contribution in [0, 0.1) is 0 Å². The van der Waals surface area contributed by atoms with Crippen molar-refractivity contribution in [2.24, 2.45) is 0 Å². The van der Waals surface area contributed by atoms with E-state index in [1.54, 1.807) is 35.2 Å². The second-order valence-corrected chi connectivity index (χ2v) is 8.32. The molecular formula is C25H28N6O6. The molecule has 0 saturated heterocycles. The molecule has 1 aliphatic heterocycles. The Morgan fingerprint density at radius 2 is 1.92 bits per heavy atom. The molecule has 1 aromatic heterocycles. The first-order chi connectivity index (χ1) is 17.9. The van der Waals surface area contributed by atoms with E-state index in [-0.39, 0.29) is 30.3 Å². The number of fused-ring (bicyclic) bond motifs is 2. The first-order valence-electron chi connectivity index (χ1n) is 11.8. The number of esters is 1. The van der Waals surface area contributed by atoms with Crippen molar-refractivity contribution in [1.82, 2.24) is 25.7 Å². The van der Waals surface area contributed by atoms with Gasteiger partial charge in [-0.15, -0.1) is 0 Å². The maximum Gasteiger partial charge on any atom is 0.308 e. The van der Waals surface area contributed by atoms with Crippen molar-refractivity contribution in [3.8, 4) is 0 Å². The standard InChI is InChI=1S/C25H28N6O6/c1-3-37-11-10-31-14-16-12-15(8-9-17(16)26-20(25(31)35)13-21(32)36-2)23(33)29-30-24(34)22-27-18-6-4-5-7-19(18)28-22/h4-9,12,20,26H,3,10-11,13-14H2,1-2H3,(H,27,28)(H,29,33)(H,30,34). The van der Waals surface area contributed by atoms with Gasteiger partial charge in [0.05, 0.1) is 31.2 Å². The van der Waals surface area contributed by atoms with E-state index in [0.717, 1.165) is 0 Å². The highest BCUT2D eigenvalue weighted by molar-refractivity contribution is 5.99. The van der Waals surface area contributed by atoms with Gasteiger partial charge in [0.25, 0.3) is 5.91 Å². The summed E-state index contributed by atoms with van der Waals surface area (Å²) in [5.41, 5.74) is 7.64. The number of nitrogens with one attached hydrogen (secondary N) is 4. The van der Waals surface area contributed by atoms with Gasteiger partial charge in [0.2, 0.25) is 5.91 Å². The lowest BCUT2D eigenvalue weighted by Gasteiger charge is -2.24. The van der Waals surface area contributed by atoms with Gasteiger partial charge in [-0.1, -0.05) is 12.1 Å². The SMILES string of the molecule is CCOCCN1Cc2cc(C(=O)NNC(=O)c3nc4ccccc4[nH]3)ccc2NC(CC(=O)OC)C1=O. The lowest BCUT2D eigenvalue weighted by molar-refractivity contribution is -0.144. The molecule has 4 rings (SSSR count). The minimum atomic E-state index is -0.821. The van der Waals surface area contributed by atoms with Crippen LogP contribution in [-0.4, -0.2) is 71.5 Å². The summed E-state index contributed by atoms with van der Waals surface area (Å²) < 4.78 is 10.1. The Bertz CT molecular complexity index is 1290. The molecule has 3 amide bonds. The fraction of sp³-hybridized carbons (Fsp3) is 0.320. The molecule has 1 unspecified atom stereocenters. The van der Waals surface area contributed by atoms with Gasteiger partial charge < -0.3 is 24.7 Å². The molecule has 0 aliphatic carbocycles. The van der Waals surface area contributed by atoms with Crippen molar-refractivity contribution in [3.05, 3.63) is 59.4 Å². The first kappa shape index (κ1) is 25.6. The minimum Gasteiger partial charge on any atom is -0.469 e. The van der Waals surface area contributed by atoms with Gasteiger partial charge in [0.15, 0.2) is 5.82 Å². The van der Waals surface area contributed by atoms with E-state index in [9.17, 15) is 19.2 Å². The van der Waals surface area contributed by atoms with Crippen molar-refractivity contribution in [2.75, 3.05) is 32.2 Å². The summed E-state index contributed by atoms with van der Waals surface area (Å²) in [6, 6.07) is 11.2. The number of carbonyl (C=O) groups excluding carboxylic acids is 4. The first-order valence-corrected chi connectivity index (χ1v) is 11.8. The average Bonchev–Trinajstić information content (AvgIpc) is 3.30. The Hall–Kier alpha value is -4.45. The van der Waals surface area contributed by atoms with Gasteiger partial charge in [-0.25, -0.2) is 4.98 Å². The highest BCUT2D eigenvalue weighted by atomic mass is 16.5. The van der Waals surface area contributed by atoms with Crippen LogP contribution in [0.2, 0.25) is 0 Å². The van der Waals surface area contributed by atoms with Crippen LogP contribution in [0.15, 0.2) is 42.5 Å². The van der Waals surface area contributed by atoms with Crippen molar-refractivity contribution >= 4 is 40.4 Å². The monoisotopic (exact) mass is 508 g/mol. The predicted molar refractivity (Wildman–Crippen MR) is 133 cm³/mol. The molecule has 1 aliphatic rings. The topological polar surface area (TPSA) is 155 Å². The van der Waals surface area contributed by atoms with Crippen LogP contribution in [0.5, 0.6) is 0 Å². The highest BCUT2D eigenvalue weighted by Crippen LogP contribution is 2.25. The summed E-state index contributed by atoms with van der Waals surface area (Å²) in [6.45, 7) is 3.22. The van der Waals surface area contributed by atoms with Crippen LogP contribution in [0.25, 0.3) is 11.0 Å². The molecule has 0 spiro atoms. The number of amides is 3. The Morgan fingerprint density at radius 1 is 1.14 bits per heavy atom. The quantitative estimate of drug-likeness (QED) is 0.202. The molecule has 0 saturated carbocycles. The number of hydrogen-bond acceptors (Lipinski definition) is 8. The van der Waals surface area contributed by atoms with E-state index in [1.165, 1.54) is 7.11 Å². The van der Waals surface area contributed by atoms with Crippen LogP contribution in [0.3, 0.4) is 0 Å². The Morgan fingerprint density at radius 3 is 2.68 bits per heavy atom. The van der Waals surface area contributed by atoms with Crippen molar-refractivity contribution < 1.29 is 28.7 Å². The number of imidazole rings is 1. The number of methoxy groups -OCH3 is 1. The molecule has 0 radical (unpaired) electrons. The maximum absolute atomic E-state index is 13.1. The van der Waals surface area contributed by atoms with E-state index in [0.29, 0.717) is 42.0 Å². The van der Waals surface area contributed by atoms with Crippen molar-refractivity contribution in [3.63, 3.8) is 0 Å². The molecule has 0 fully saturated rings. The molecule has 2 aromatic carbocycles. The smallest absolute Gasteiger partial charge is 0.308 e. The lowest BCUT2D eigenvalue weighted by atomic mass is 10.1. The van der Waals surface area contributed by atoms with E-state index in [4.69, 9.17) is 9.47 Å². The van der Waals surface area contributed by atoms with E-state index >= 15 is 0 Å². The molecule has 37 heavy (non-hydrogen) atoms. The Labute approximate surface area is 212 Å². The molecular weight excluding hydrogens is 480 g/mol. The van der Waals surface area contributed by atoms with Crippen LogP contribution in [-0.2, 0) is 25.6 Å². The van der Waals surface area contributed by atoms with Crippen LogP contribution in [0.4, 0.5) is 5.69 Å². The largest absolute Gasteiger partial charge is 0.469 e. The van der Waals surface area contributed by atoms with Gasteiger partial charge in [0, 0.05) is 30.9 Å². The number of anilines is 1. The van der Waals surface area contributed by atoms with Crippen LogP contribution in [0.1, 0.15) is 39.9 Å². The number of para-hydroxylation sites is 2. The van der Waals surface area contributed by atoms with Crippen LogP contribution < -0.4 is 16.2 Å². The fourth-order valence-electron chi connectivity index (χ4n) is 3.96. The average molecular weight is 509 g/mol. The van der Waals surface area contributed by atoms with Gasteiger partial charge >= 0.3 is 11.9 Å². The number of nitrogens with zero attached hydrogens (tertiary/aromatic N) is 2. The number of aromatic nitrogens is 2. The van der Waals surface area contributed by atoms with E-state index < -0.39 is 23.8 Å². The van der Waals surface area contributed by atoms with Gasteiger partial charge in [-0.2, -0.15) is 0 Å². The molecule has 4 N–H and O–H groups in total. The van der Waals surface area contributed by atoms with Crippen molar-refractivity contribution in [2.45, 2.75) is 25.9 Å². The number of ether oxygens (including phenoxy) is 2. The summed E-state index contributed by atoms with van der Waals surface area (Å²) >= 11 is 0. The number of carbonyl (C=O) groups is 4. The second kappa shape index (κ2) is 11.5. The van der Waals surface area contributed by atoms with E-state index in [2.05, 4.69) is 26.1 Å². The minimum absolute atomic E-state index is 0.0627. The Kier molecular flexibility index (Phi) is 7.98. The number of hydrogen-bond donors (Lipinski definition) is 4. The van der Waals surface area contributed by atoms with Gasteiger partial charge in [0.1, 0.15) is 6.04 Å². The zero-order valence-electron chi connectivity index (χ0n) is 20.5. The summed E-state index contributed by atoms with van der Waals surface area (Å²) in [5, 5.41) is 3.10. The number of rotatable bonds is 8. The fourth-order valence-corrected chi connectivity index (χ4v) is 3.96. The Balaban J connectivity index is 1.48. The summed E-state index contributed by atoms with van der Waals surface area (Å²) in [6.07, 6.45) is -0.143. The number of aromatic amines is 1. The molecule has 2 heterocycles. The molecule has 3 aromatic rings. The number of benzene rings is 2. The normalized spacial score (nSPS) is 14.9. The third-order valence-electron chi connectivity index (χ3n) is 5.87. The van der Waals surface area contributed by atoms with Crippen molar-refractivity contribution in [1.29, 1.82) is 0 Å². The summed E-state index contributed by atoms with van der Waals surface area (Å²) in [5.74, 6) is -1.87. The summed E-state index contributed by atoms with van der Waals surface area (Å²) in [7, 11) is 1.27. The highest BCUT2D eigenvalue weighted by Gasteiger charge is 2.31.